The van der Waals surface area contributed by atoms with Gasteiger partial charge in [0.15, 0.2) is 0 Å². The highest BCUT2D eigenvalue weighted by molar-refractivity contribution is 6.34. The van der Waals surface area contributed by atoms with Crippen LogP contribution in [0.15, 0.2) is 18.2 Å². The lowest BCUT2D eigenvalue weighted by Gasteiger charge is -2.35. The molecular weight excluding hydrogens is 252 g/mol. The Morgan fingerprint density at radius 3 is 2.56 bits per heavy atom. The van der Waals surface area contributed by atoms with Gasteiger partial charge < -0.3 is 15.4 Å². The molecule has 2 N–H and O–H groups in total. The van der Waals surface area contributed by atoms with Gasteiger partial charge in [-0.05, 0) is 32.0 Å². The standard InChI is InChI=1S/C13H17ClN2O2/c1-8-6-16(7-9(2)18-8)13(17)11-4-3-10(15)5-12(11)14/h3-5,8-9H,6-7,15H2,1-2H3/t8-,9-/m0/s1. The molecule has 0 aliphatic carbocycles. The van der Waals surface area contributed by atoms with E-state index in [1.807, 2.05) is 13.8 Å². The fourth-order valence-electron chi connectivity index (χ4n) is 2.22. The van der Waals surface area contributed by atoms with Crippen molar-refractivity contribution in [1.29, 1.82) is 0 Å². The zero-order chi connectivity index (χ0) is 13.3. The Kier molecular flexibility index (Phi) is 3.78. The number of benzene rings is 1. The minimum absolute atomic E-state index is 0.0465. The summed E-state index contributed by atoms with van der Waals surface area (Å²) in [5.41, 5.74) is 6.67. The van der Waals surface area contributed by atoms with E-state index in [1.165, 1.54) is 0 Å². The Morgan fingerprint density at radius 2 is 2.00 bits per heavy atom. The number of morpholine rings is 1. The van der Waals surface area contributed by atoms with Crippen molar-refractivity contribution in [2.45, 2.75) is 26.1 Å². The molecule has 2 rings (SSSR count). The van der Waals surface area contributed by atoms with E-state index in [2.05, 4.69) is 0 Å². The third-order valence-corrected chi connectivity index (χ3v) is 3.24. The quantitative estimate of drug-likeness (QED) is 0.794. The van der Waals surface area contributed by atoms with Crippen molar-refractivity contribution in [2.24, 2.45) is 0 Å². The predicted molar refractivity (Wildman–Crippen MR) is 71.8 cm³/mol. The summed E-state index contributed by atoms with van der Waals surface area (Å²) >= 11 is 6.06. The number of nitrogens with two attached hydrogens (primary N) is 1. The lowest BCUT2D eigenvalue weighted by molar-refractivity contribution is -0.0586. The monoisotopic (exact) mass is 268 g/mol. The van der Waals surface area contributed by atoms with Crippen molar-refractivity contribution >= 4 is 23.2 Å². The number of halogens is 1. The first-order valence-electron chi connectivity index (χ1n) is 5.97. The van der Waals surface area contributed by atoms with Crippen molar-refractivity contribution < 1.29 is 9.53 Å². The molecule has 0 radical (unpaired) electrons. The molecule has 5 heteroatoms. The van der Waals surface area contributed by atoms with Crippen molar-refractivity contribution in [3.05, 3.63) is 28.8 Å². The second-order valence-corrected chi connectivity index (χ2v) is 5.11. The summed E-state index contributed by atoms with van der Waals surface area (Å²) in [5, 5.41) is 0.395. The highest BCUT2D eigenvalue weighted by Crippen LogP contribution is 2.22. The number of amides is 1. The predicted octanol–water partition coefficient (Wildman–Crippen LogP) is 2.17. The number of carbonyl (C=O) groups excluding carboxylic acids is 1. The van der Waals surface area contributed by atoms with Crippen LogP contribution in [-0.4, -0.2) is 36.1 Å². The summed E-state index contributed by atoms with van der Waals surface area (Å²) in [5.74, 6) is -0.0676. The average molecular weight is 269 g/mol. The van der Waals surface area contributed by atoms with Crippen molar-refractivity contribution in [3.63, 3.8) is 0 Å². The van der Waals surface area contributed by atoms with E-state index in [0.717, 1.165) is 0 Å². The van der Waals surface area contributed by atoms with Gasteiger partial charge >= 0.3 is 0 Å². The van der Waals surface area contributed by atoms with Crippen molar-refractivity contribution in [3.8, 4) is 0 Å². The van der Waals surface area contributed by atoms with Gasteiger partial charge in [-0.2, -0.15) is 0 Å². The fourth-order valence-corrected chi connectivity index (χ4v) is 2.49. The molecule has 1 saturated heterocycles. The van der Waals surface area contributed by atoms with Gasteiger partial charge in [0.25, 0.3) is 5.91 Å². The van der Waals surface area contributed by atoms with Crippen LogP contribution >= 0.6 is 11.6 Å². The van der Waals surface area contributed by atoms with Crippen molar-refractivity contribution in [2.75, 3.05) is 18.8 Å². The second kappa shape index (κ2) is 5.16. The fraction of sp³-hybridized carbons (Fsp3) is 0.462. The van der Waals surface area contributed by atoms with Crippen molar-refractivity contribution in [1.82, 2.24) is 4.90 Å². The second-order valence-electron chi connectivity index (χ2n) is 4.71. The summed E-state index contributed by atoms with van der Waals surface area (Å²) in [6, 6.07) is 4.96. The lowest BCUT2D eigenvalue weighted by Crippen LogP contribution is -2.48. The van der Waals surface area contributed by atoms with Crippen LogP contribution in [0.1, 0.15) is 24.2 Å². The van der Waals surface area contributed by atoms with E-state index in [4.69, 9.17) is 22.1 Å². The number of rotatable bonds is 1. The van der Waals surface area contributed by atoms with Crippen LogP contribution in [0, 0.1) is 0 Å². The number of hydrogen-bond acceptors (Lipinski definition) is 3. The molecule has 2 atom stereocenters. The molecule has 1 fully saturated rings. The molecule has 1 aromatic rings. The molecule has 4 nitrogen and oxygen atoms in total. The number of nitrogens with zero attached hydrogens (tertiary/aromatic N) is 1. The Hall–Kier alpha value is -1.26. The van der Waals surface area contributed by atoms with Crippen LogP contribution in [0.5, 0.6) is 0 Å². The zero-order valence-electron chi connectivity index (χ0n) is 10.5. The molecule has 0 saturated carbocycles. The third kappa shape index (κ3) is 2.76. The molecule has 0 bridgehead atoms. The number of anilines is 1. The largest absolute Gasteiger partial charge is 0.399 e. The van der Waals surface area contributed by atoms with Gasteiger partial charge in [0, 0.05) is 18.8 Å². The summed E-state index contributed by atoms with van der Waals surface area (Å²) in [6.45, 7) is 5.09. The van der Waals surface area contributed by atoms with Gasteiger partial charge in [-0.15, -0.1) is 0 Å². The maximum atomic E-state index is 12.4. The summed E-state index contributed by atoms with van der Waals surface area (Å²) in [6.07, 6.45) is 0.0931. The summed E-state index contributed by atoms with van der Waals surface area (Å²) < 4.78 is 5.60. The molecule has 98 valence electrons. The van der Waals surface area contributed by atoms with Crippen LogP contribution in [0.25, 0.3) is 0 Å². The first-order valence-corrected chi connectivity index (χ1v) is 6.35. The smallest absolute Gasteiger partial charge is 0.255 e. The van der Waals surface area contributed by atoms with E-state index < -0.39 is 0 Å². The molecule has 0 unspecified atom stereocenters. The van der Waals surface area contributed by atoms with Crippen LogP contribution in [0.3, 0.4) is 0 Å². The average Bonchev–Trinajstić information content (AvgIpc) is 2.26. The van der Waals surface area contributed by atoms with E-state index in [0.29, 0.717) is 29.4 Å². The molecule has 0 aromatic heterocycles. The Morgan fingerprint density at radius 1 is 1.39 bits per heavy atom. The molecule has 1 aliphatic rings. The van der Waals surface area contributed by atoms with E-state index >= 15 is 0 Å². The lowest BCUT2D eigenvalue weighted by atomic mass is 10.1. The maximum absolute atomic E-state index is 12.4. The maximum Gasteiger partial charge on any atom is 0.255 e. The normalized spacial score (nSPS) is 24.1. The topological polar surface area (TPSA) is 55.6 Å². The first-order chi connectivity index (χ1) is 8.47. The number of hydrogen-bond donors (Lipinski definition) is 1. The Balaban J connectivity index is 2.20. The van der Waals surface area contributed by atoms with Gasteiger partial charge in [0.05, 0.1) is 22.8 Å². The number of carbonyl (C=O) groups is 1. The number of ether oxygens (including phenoxy) is 1. The van der Waals surface area contributed by atoms with Crippen LogP contribution in [0.2, 0.25) is 5.02 Å². The zero-order valence-corrected chi connectivity index (χ0v) is 11.3. The van der Waals surface area contributed by atoms with E-state index in [-0.39, 0.29) is 18.1 Å². The first kappa shape index (κ1) is 13.2. The molecule has 1 aliphatic heterocycles. The summed E-state index contributed by atoms with van der Waals surface area (Å²) in [4.78, 5) is 14.1. The molecule has 1 heterocycles. The Labute approximate surface area is 112 Å². The van der Waals surface area contributed by atoms with Gasteiger partial charge in [-0.1, -0.05) is 11.6 Å². The SMILES string of the molecule is C[C@H]1CN(C(=O)c2ccc(N)cc2Cl)C[C@H](C)O1. The highest BCUT2D eigenvalue weighted by atomic mass is 35.5. The van der Waals surface area contributed by atoms with Gasteiger partial charge in [-0.3, -0.25) is 4.79 Å². The minimum Gasteiger partial charge on any atom is -0.399 e. The molecule has 0 spiro atoms. The number of nitrogen functional groups attached to an aromatic ring is 1. The minimum atomic E-state index is -0.0676. The van der Waals surface area contributed by atoms with Gasteiger partial charge in [0.2, 0.25) is 0 Å². The Bertz CT molecular complexity index is 454. The van der Waals surface area contributed by atoms with Gasteiger partial charge in [0.1, 0.15) is 0 Å². The highest BCUT2D eigenvalue weighted by Gasteiger charge is 2.27. The summed E-state index contributed by atoms with van der Waals surface area (Å²) in [7, 11) is 0. The molecule has 18 heavy (non-hydrogen) atoms. The van der Waals surface area contributed by atoms with Crippen LogP contribution in [-0.2, 0) is 4.74 Å². The van der Waals surface area contributed by atoms with E-state index in [1.54, 1.807) is 23.1 Å². The molecule has 1 aromatic carbocycles. The third-order valence-electron chi connectivity index (χ3n) is 2.93. The molecule has 1 amide bonds. The van der Waals surface area contributed by atoms with Gasteiger partial charge in [-0.25, -0.2) is 0 Å². The molecular formula is C13H17ClN2O2. The van der Waals surface area contributed by atoms with Crippen LogP contribution in [0.4, 0.5) is 5.69 Å². The van der Waals surface area contributed by atoms with E-state index in [9.17, 15) is 4.79 Å². The van der Waals surface area contributed by atoms with Crippen LogP contribution < -0.4 is 5.73 Å².